The highest BCUT2D eigenvalue weighted by molar-refractivity contribution is 5.28. The van der Waals surface area contributed by atoms with Crippen molar-refractivity contribution in [1.29, 1.82) is 0 Å². The summed E-state index contributed by atoms with van der Waals surface area (Å²) in [5.41, 5.74) is 8.02. The SMILES string of the molecule is CC(C)c1cccc(C(CN)CO)c1. The third-order valence-electron chi connectivity index (χ3n) is 2.55. The van der Waals surface area contributed by atoms with Crippen LogP contribution in [0.15, 0.2) is 24.3 Å². The Labute approximate surface area is 85.8 Å². The van der Waals surface area contributed by atoms with Crippen molar-refractivity contribution in [1.82, 2.24) is 0 Å². The van der Waals surface area contributed by atoms with Crippen molar-refractivity contribution < 1.29 is 5.11 Å². The van der Waals surface area contributed by atoms with Crippen LogP contribution in [0, 0.1) is 0 Å². The minimum Gasteiger partial charge on any atom is -0.396 e. The number of hydrogen-bond acceptors (Lipinski definition) is 2. The Bertz CT molecular complexity index is 279. The van der Waals surface area contributed by atoms with E-state index >= 15 is 0 Å². The zero-order valence-electron chi connectivity index (χ0n) is 8.90. The van der Waals surface area contributed by atoms with Crippen molar-refractivity contribution in [3.05, 3.63) is 35.4 Å². The summed E-state index contributed by atoms with van der Waals surface area (Å²) in [7, 11) is 0. The summed E-state index contributed by atoms with van der Waals surface area (Å²) in [6.45, 7) is 4.95. The topological polar surface area (TPSA) is 46.2 Å². The highest BCUT2D eigenvalue weighted by Crippen LogP contribution is 2.20. The Kier molecular flexibility index (Phi) is 4.11. The van der Waals surface area contributed by atoms with Crippen LogP contribution in [0.3, 0.4) is 0 Å². The third-order valence-corrected chi connectivity index (χ3v) is 2.55. The van der Waals surface area contributed by atoms with Crippen LogP contribution >= 0.6 is 0 Å². The van der Waals surface area contributed by atoms with Crippen molar-refractivity contribution in [3.8, 4) is 0 Å². The molecule has 0 spiro atoms. The Morgan fingerprint density at radius 1 is 1.29 bits per heavy atom. The molecule has 0 amide bonds. The number of benzene rings is 1. The van der Waals surface area contributed by atoms with Crippen LogP contribution in [-0.4, -0.2) is 18.3 Å². The summed E-state index contributed by atoms with van der Waals surface area (Å²) in [5.74, 6) is 0.598. The first-order chi connectivity index (χ1) is 6.69. The summed E-state index contributed by atoms with van der Waals surface area (Å²) in [5, 5.41) is 9.13. The molecule has 0 aliphatic heterocycles. The quantitative estimate of drug-likeness (QED) is 0.766. The average Bonchev–Trinajstić information content (AvgIpc) is 2.20. The van der Waals surface area contributed by atoms with Gasteiger partial charge in [-0.15, -0.1) is 0 Å². The number of rotatable bonds is 4. The summed E-state index contributed by atoms with van der Waals surface area (Å²) >= 11 is 0. The van der Waals surface area contributed by atoms with Crippen molar-refractivity contribution in [2.24, 2.45) is 5.73 Å². The normalized spacial score (nSPS) is 13.2. The molecule has 0 saturated carbocycles. The average molecular weight is 193 g/mol. The van der Waals surface area contributed by atoms with Gasteiger partial charge in [0.2, 0.25) is 0 Å². The van der Waals surface area contributed by atoms with Crippen LogP contribution in [0.5, 0.6) is 0 Å². The maximum atomic E-state index is 9.13. The van der Waals surface area contributed by atoms with Gasteiger partial charge in [-0.1, -0.05) is 38.1 Å². The molecule has 0 aliphatic carbocycles. The van der Waals surface area contributed by atoms with E-state index in [-0.39, 0.29) is 12.5 Å². The molecule has 1 unspecified atom stereocenters. The van der Waals surface area contributed by atoms with Crippen LogP contribution in [0.25, 0.3) is 0 Å². The second-order valence-electron chi connectivity index (χ2n) is 3.94. The lowest BCUT2D eigenvalue weighted by Gasteiger charge is -2.14. The molecule has 0 aromatic heterocycles. The second kappa shape index (κ2) is 5.13. The first-order valence-corrected chi connectivity index (χ1v) is 5.09. The van der Waals surface area contributed by atoms with Crippen molar-refractivity contribution >= 4 is 0 Å². The second-order valence-corrected chi connectivity index (χ2v) is 3.94. The molecule has 0 saturated heterocycles. The zero-order chi connectivity index (χ0) is 10.6. The Balaban J connectivity index is 2.92. The van der Waals surface area contributed by atoms with E-state index < -0.39 is 0 Å². The van der Waals surface area contributed by atoms with Gasteiger partial charge in [-0.3, -0.25) is 0 Å². The first-order valence-electron chi connectivity index (χ1n) is 5.09. The standard InChI is InChI=1S/C12H19NO/c1-9(2)10-4-3-5-11(6-10)12(7-13)8-14/h3-6,9,12,14H,7-8,13H2,1-2H3. The van der Waals surface area contributed by atoms with Gasteiger partial charge in [0.25, 0.3) is 0 Å². The molecule has 0 radical (unpaired) electrons. The highest BCUT2D eigenvalue weighted by atomic mass is 16.3. The predicted molar refractivity (Wildman–Crippen MR) is 59.4 cm³/mol. The molecule has 14 heavy (non-hydrogen) atoms. The molecule has 0 aliphatic rings. The molecule has 0 fully saturated rings. The third kappa shape index (κ3) is 2.56. The predicted octanol–water partition coefficient (Wildman–Crippen LogP) is 1.84. The van der Waals surface area contributed by atoms with Gasteiger partial charge >= 0.3 is 0 Å². The smallest absolute Gasteiger partial charge is 0.0511 e. The lowest BCUT2D eigenvalue weighted by Crippen LogP contribution is -2.16. The van der Waals surface area contributed by atoms with E-state index in [2.05, 4.69) is 26.0 Å². The van der Waals surface area contributed by atoms with Gasteiger partial charge in [-0.2, -0.15) is 0 Å². The Hall–Kier alpha value is -0.860. The van der Waals surface area contributed by atoms with E-state index in [1.807, 2.05) is 12.1 Å². The number of aliphatic hydroxyl groups excluding tert-OH is 1. The Morgan fingerprint density at radius 2 is 1.93 bits per heavy atom. The van der Waals surface area contributed by atoms with Crippen molar-refractivity contribution in [2.75, 3.05) is 13.2 Å². The lowest BCUT2D eigenvalue weighted by molar-refractivity contribution is 0.268. The number of hydrogen-bond donors (Lipinski definition) is 2. The molecule has 2 heteroatoms. The fourth-order valence-electron chi connectivity index (χ4n) is 1.49. The minimum absolute atomic E-state index is 0.0775. The molecule has 1 rings (SSSR count). The van der Waals surface area contributed by atoms with Crippen LogP contribution in [-0.2, 0) is 0 Å². The summed E-state index contributed by atoms with van der Waals surface area (Å²) < 4.78 is 0. The van der Waals surface area contributed by atoms with Crippen LogP contribution in [0.4, 0.5) is 0 Å². The molecule has 1 aromatic rings. The summed E-state index contributed by atoms with van der Waals surface area (Å²) in [6.07, 6.45) is 0. The fraction of sp³-hybridized carbons (Fsp3) is 0.500. The van der Waals surface area contributed by atoms with Crippen molar-refractivity contribution in [3.63, 3.8) is 0 Å². The maximum absolute atomic E-state index is 9.13. The van der Waals surface area contributed by atoms with E-state index in [0.717, 1.165) is 5.56 Å². The van der Waals surface area contributed by atoms with E-state index in [1.165, 1.54) is 5.56 Å². The van der Waals surface area contributed by atoms with E-state index in [4.69, 9.17) is 10.8 Å². The zero-order valence-corrected chi connectivity index (χ0v) is 8.90. The lowest BCUT2D eigenvalue weighted by atomic mass is 9.94. The van der Waals surface area contributed by atoms with Crippen molar-refractivity contribution in [2.45, 2.75) is 25.7 Å². The van der Waals surface area contributed by atoms with Crippen LogP contribution < -0.4 is 5.73 Å². The first kappa shape index (κ1) is 11.2. The molecular weight excluding hydrogens is 174 g/mol. The number of aliphatic hydroxyl groups is 1. The molecule has 1 aromatic carbocycles. The summed E-state index contributed by atoms with van der Waals surface area (Å²) in [4.78, 5) is 0. The molecule has 0 heterocycles. The van der Waals surface area contributed by atoms with Gasteiger partial charge in [0, 0.05) is 12.5 Å². The van der Waals surface area contributed by atoms with Gasteiger partial charge < -0.3 is 10.8 Å². The monoisotopic (exact) mass is 193 g/mol. The van der Waals surface area contributed by atoms with Crippen LogP contribution in [0.2, 0.25) is 0 Å². The fourth-order valence-corrected chi connectivity index (χ4v) is 1.49. The maximum Gasteiger partial charge on any atom is 0.0511 e. The molecule has 0 bridgehead atoms. The molecule has 3 N–H and O–H groups in total. The van der Waals surface area contributed by atoms with Crippen LogP contribution in [0.1, 0.15) is 36.8 Å². The van der Waals surface area contributed by atoms with E-state index in [9.17, 15) is 0 Å². The van der Waals surface area contributed by atoms with Gasteiger partial charge in [0.15, 0.2) is 0 Å². The largest absolute Gasteiger partial charge is 0.396 e. The minimum atomic E-state index is 0.0775. The van der Waals surface area contributed by atoms with E-state index in [0.29, 0.717) is 12.5 Å². The molecular formula is C12H19NO. The summed E-state index contributed by atoms with van der Waals surface area (Å²) in [6, 6.07) is 8.31. The van der Waals surface area contributed by atoms with Gasteiger partial charge in [-0.25, -0.2) is 0 Å². The molecule has 78 valence electrons. The van der Waals surface area contributed by atoms with E-state index in [1.54, 1.807) is 0 Å². The Morgan fingerprint density at radius 3 is 2.43 bits per heavy atom. The molecule has 2 nitrogen and oxygen atoms in total. The number of nitrogens with two attached hydrogens (primary N) is 1. The van der Waals surface area contributed by atoms with Gasteiger partial charge in [0.05, 0.1) is 6.61 Å². The molecule has 1 atom stereocenters. The van der Waals surface area contributed by atoms with Gasteiger partial charge in [-0.05, 0) is 17.0 Å². The van der Waals surface area contributed by atoms with Gasteiger partial charge in [0.1, 0.15) is 0 Å². The highest BCUT2D eigenvalue weighted by Gasteiger charge is 2.09.